The molecule has 1 heterocycles. The lowest BCUT2D eigenvalue weighted by Gasteiger charge is -2.31. The van der Waals surface area contributed by atoms with Crippen LogP contribution >= 0.6 is 0 Å². The number of aliphatic imine (C=N–C) groups is 1. The van der Waals surface area contributed by atoms with Gasteiger partial charge in [0.05, 0.1) is 11.6 Å². The quantitative estimate of drug-likeness (QED) is 0.694. The normalized spacial score (nSPS) is 20.0. The van der Waals surface area contributed by atoms with Crippen molar-refractivity contribution in [3.63, 3.8) is 0 Å². The summed E-state index contributed by atoms with van der Waals surface area (Å²) in [5.41, 5.74) is 0.588. The second-order valence-electron chi connectivity index (χ2n) is 8.88. The van der Waals surface area contributed by atoms with Gasteiger partial charge in [-0.05, 0) is 35.1 Å². The van der Waals surface area contributed by atoms with Crippen molar-refractivity contribution in [2.75, 3.05) is 0 Å². The maximum atomic E-state index is 13.0. The van der Waals surface area contributed by atoms with Crippen molar-refractivity contribution < 1.29 is 22.7 Å². The molecule has 2 aromatic rings. The maximum absolute atomic E-state index is 13.0. The van der Waals surface area contributed by atoms with Crippen LogP contribution in [0.5, 0.6) is 0 Å². The van der Waals surface area contributed by atoms with Gasteiger partial charge in [0, 0.05) is 6.92 Å². The Morgan fingerprint density at radius 2 is 1.68 bits per heavy atom. The van der Waals surface area contributed by atoms with Gasteiger partial charge in [-0.25, -0.2) is 4.99 Å². The summed E-state index contributed by atoms with van der Waals surface area (Å²) in [5.74, 6) is 0.192. The lowest BCUT2D eigenvalue weighted by atomic mass is 9.86. The van der Waals surface area contributed by atoms with E-state index in [1.54, 1.807) is 0 Å². The van der Waals surface area contributed by atoms with Gasteiger partial charge in [0.1, 0.15) is 12.1 Å². The van der Waals surface area contributed by atoms with Crippen LogP contribution in [0.2, 0.25) is 0 Å². The summed E-state index contributed by atoms with van der Waals surface area (Å²) in [5, 5.41) is 2.90. The number of hydrogen-bond donors (Lipinski definition) is 1. The van der Waals surface area contributed by atoms with Crippen LogP contribution < -0.4 is 5.32 Å². The highest BCUT2D eigenvalue weighted by atomic mass is 19.4. The number of hydrogen-bond acceptors (Lipinski definition) is 3. The minimum Gasteiger partial charge on any atom is -0.469 e. The molecule has 166 valence electrons. The predicted octanol–water partition coefficient (Wildman–Crippen LogP) is 5.34. The summed E-state index contributed by atoms with van der Waals surface area (Å²) in [7, 11) is 0. The van der Waals surface area contributed by atoms with Crippen LogP contribution in [-0.2, 0) is 22.1 Å². The number of amides is 1. The van der Waals surface area contributed by atoms with Crippen molar-refractivity contribution in [2.45, 2.75) is 58.5 Å². The van der Waals surface area contributed by atoms with Gasteiger partial charge in [-0.3, -0.25) is 4.79 Å². The van der Waals surface area contributed by atoms with E-state index in [1.165, 1.54) is 19.1 Å². The fraction of sp³-hybridized carbons (Fsp3) is 0.417. The standard InChI is InChI=1S/C24H27F3N2O2/c1-15(30)28-21(23(2,3)4)22-29-19(14-16-8-6-5-7-9-16)20(31-22)17-10-12-18(13-11-17)24(25,26)27/h5-13,19-21H,14H2,1-4H3,(H,28,30)/t19-,20-,21+/m0/s1. The fourth-order valence-corrected chi connectivity index (χ4v) is 3.62. The Morgan fingerprint density at radius 1 is 1.06 bits per heavy atom. The van der Waals surface area contributed by atoms with Crippen molar-refractivity contribution in [2.24, 2.45) is 10.4 Å². The van der Waals surface area contributed by atoms with E-state index in [0.29, 0.717) is 17.9 Å². The number of carbonyl (C=O) groups excluding carboxylic acids is 1. The second-order valence-corrected chi connectivity index (χ2v) is 8.88. The van der Waals surface area contributed by atoms with Crippen molar-refractivity contribution in [1.82, 2.24) is 5.32 Å². The molecule has 7 heteroatoms. The monoisotopic (exact) mass is 432 g/mol. The predicted molar refractivity (Wildman–Crippen MR) is 114 cm³/mol. The number of benzene rings is 2. The van der Waals surface area contributed by atoms with Crippen molar-refractivity contribution in [1.29, 1.82) is 0 Å². The van der Waals surface area contributed by atoms with Crippen LogP contribution in [0.25, 0.3) is 0 Å². The van der Waals surface area contributed by atoms with E-state index in [-0.39, 0.29) is 17.4 Å². The van der Waals surface area contributed by atoms with Crippen LogP contribution in [0.15, 0.2) is 59.6 Å². The number of nitrogens with one attached hydrogen (secondary N) is 1. The summed E-state index contributed by atoms with van der Waals surface area (Å²) in [4.78, 5) is 16.6. The third-order valence-electron chi connectivity index (χ3n) is 5.21. The highest BCUT2D eigenvalue weighted by Crippen LogP contribution is 2.36. The maximum Gasteiger partial charge on any atom is 0.416 e. The molecule has 4 nitrogen and oxygen atoms in total. The lowest BCUT2D eigenvalue weighted by molar-refractivity contribution is -0.137. The van der Waals surface area contributed by atoms with Crippen LogP contribution in [-0.4, -0.2) is 23.9 Å². The molecule has 3 atom stereocenters. The molecule has 2 aromatic carbocycles. The van der Waals surface area contributed by atoms with Gasteiger partial charge < -0.3 is 10.1 Å². The van der Waals surface area contributed by atoms with Crippen molar-refractivity contribution >= 4 is 11.8 Å². The Balaban J connectivity index is 1.94. The Kier molecular flexibility index (Phi) is 6.43. The molecule has 1 aliphatic heterocycles. The van der Waals surface area contributed by atoms with E-state index in [0.717, 1.165) is 17.7 Å². The molecule has 0 radical (unpaired) electrons. The third kappa shape index (κ3) is 5.66. The van der Waals surface area contributed by atoms with E-state index in [9.17, 15) is 18.0 Å². The van der Waals surface area contributed by atoms with Crippen molar-refractivity contribution in [3.8, 4) is 0 Å². The number of alkyl halides is 3. The van der Waals surface area contributed by atoms with Crippen LogP contribution in [0.3, 0.4) is 0 Å². The number of nitrogens with zero attached hydrogens (tertiary/aromatic N) is 1. The molecule has 0 bridgehead atoms. The zero-order valence-electron chi connectivity index (χ0n) is 18.0. The molecular formula is C24H27F3N2O2. The largest absolute Gasteiger partial charge is 0.469 e. The van der Waals surface area contributed by atoms with Gasteiger partial charge in [0.15, 0.2) is 0 Å². The Morgan fingerprint density at radius 3 is 2.19 bits per heavy atom. The van der Waals surface area contributed by atoms with E-state index >= 15 is 0 Å². The average molecular weight is 432 g/mol. The molecule has 0 saturated heterocycles. The first kappa shape index (κ1) is 22.8. The molecule has 0 unspecified atom stereocenters. The molecule has 3 rings (SSSR count). The van der Waals surface area contributed by atoms with E-state index < -0.39 is 23.9 Å². The molecule has 0 saturated carbocycles. The molecule has 0 fully saturated rings. The summed E-state index contributed by atoms with van der Waals surface area (Å²) in [6.45, 7) is 7.34. The highest BCUT2D eigenvalue weighted by molar-refractivity contribution is 5.89. The number of ether oxygens (including phenoxy) is 1. The van der Waals surface area contributed by atoms with Gasteiger partial charge in [-0.15, -0.1) is 0 Å². The topological polar surface area (TPSA) is 50.7 Å². The molecule has 0 aliphatic carbocycles. The molecule has 1 amide bonds. The first-order valence-corrected chi connectivity index (χ1v) is 10.2. The van der Waals surface area contributed by atoms with Gasteiger partial charge in [-0.2, -0.15) is 13.2 Å². The Bertz CT molecular complexity index is 932. The fourth-order valence-electron chi connectivity index (χ4n) is 3.62. The Hall–Kier alpha value is -2.83. The van der Waals surface area contributed by atoms with Crippen LogP contribution in [0, 0.1) is 5.41 Å². The first-order chi connectivity index (χ1) is 14.4. The van der Waals surface area contributed by atoms with Gasteiger partial charge in [0.2, 0.25) is 11.8 Å². The molecule has 1 aliphatic rings. The Labute approximate surface area is 180 Å². The van der Waals surface area contributed by atoms with Crippen LogP contribution in [0.1, 0.15) is 50.5 Å². The van der Waals surface area contributed by atoms with E-state index in [4.69, 9.17) is 9.73 Å². The van der Waals surface area contributed by atoms with Gasteiger partial charge >= 0.3 is 6.18 Å². The highest BCUT2D eigenvalue weighted by Gasteiger charge is 2.40. The number of carbonyl (C=O) groups is 1. The smallest absolute Gasteiger partial charge is 0.416 e. The van der Waals surface area contributed by atoms with Gasteiger partial charge in [-0.1, -0.05) is 63.2 Å². The molecule has 0 aromatic heterocycles. The summed E-state index contributed by atoms with van der Waals surface area (Å²) in [6, 6.07) is 14.0. The van der Waals surface area contributed by atoms with Crippen LogP contribution in [0.4, 0.5) is 13.2 Å². The minimum atomic E-state index is -4.40. The first-order valence-electron chi connectivity index (χ1n) is 10.2. The zero-order chi connectivity index (χ0) is 22.8. The van der Waals surface area contributed by atoms with E-state index in [1.807, 2.05) is 51.1 Å². The molecule has 1 N–H and O–H groups in total. The second kappa shape index (κ2) is 8.73. The minimum absolute atomic E-state index is 0.205. The molecule has 0 spiro atoms. The SMILES string of the molecule is CC(=O)N[C@H](C1=N[C@@H](Cc2ccccc2)[C@H](c2ccc(C(F)(F)F)cc2)O1)C(C)(C)C. The average Bonchev–Trinajstić information content (AvgIpc) is 3.08. The van der Waals surface area contributed by atoms with E-state index in [2.05, 4.69) is 5.32 Å². The van der Waals surface area contributed by atoms with Crippen molar-refractivity contribution in [3.05, 3.63) is 71.3 Å². The molecule has 31 heavy (non-hydrogen) atoms. The van der Waals surface area contributed by atoms with Gasteiger partial charge in [0.25, 0.3) is 0 Å². The third-order valence-corrected chi connectivity index (χ3v) is 5.21. The molecular weight excluding hydrogens is 405 g/mol. The zero-order valence-corrected chi connectivity index (χ0v) is 18.0. The number of halogens is 3. The lowest BCUT2D eigenvalue weighted by Crippen LogP contribution is -2.48. The summed E-state index contributed by atoms with van der Waals surface area (Å²) in [6.07, 6.45) is -4.38. The number of rotatable bonds is 5. The summed E-state index contributed by atoms with van der Waals surface area (Å²) >= 11 is 0. The summed E-state index contributed by atoms with van der Waals surface area (Å²) < 4.78 is 45.2.